The number of ether oxygens (including phenoxy) is 1. The average molecular weight is 410 g/mol. The van der Waals surface area contributed by atoms with Crippen molar-refractivity contribution in [2.24, 2.45) is 4.99 Å². The molecule has 4 rings (SSSR count). The monoisotopic (exact) mass is 409 g/mol. The molecule has 0 saturated carbocycles. The molecule has 7 heteroatoms. The van der Waals surface area contributed by atoms with Crippen LogP contribution in [0.15, 0.2) is 46.3 Å². The molecule has 0 saturated heterocycles. The van der Waals surface area contributed by atoms with Crippen LogP contribution in [-0.4, -0.2) is 37.4 Å². The average Bonchev–Trinajstić information content (AvgIpc) is 3.35. The summed E-state index contributed by atoms with van der Waals surface area (Å²) in [6.07, 6.45) is 2.94. The summed E-state index contributed by atoms with van der Waals surface area (Å²) >= 11 is 1.67. The van der Waals surface area contributed by atoms with Crippen molar-refractivity contribution < 1.29 is 9.53 Å². The highest BCUT2D eigenvalue weighted by atomic mass is 32.1. The van der Waals surface area contributed by atoms with Gasteiger partial charge in [-0.25, -0.2) is 9.78 Å². The van der Waals surface area contributed by atoms with Crippen LogP contribution in [0.1, 0.15) is 47.6 Å². The van der Waals surface area contributed by atoms with Gasteiger partial charge in [0.2, 0.25) is 0 Å². The fourth-order valence-corrected chi connectivity index (χ4v) is 5.54. The Labute approximate surface area is 170 Å². The Hall–Kier alpha value is -2.51. The summed E-state index contributed by atoms with van der Waals surface area (Å²) in [6.45, 7) is 4.77. The lowest BCUT2D eigenvalue weighted by Gasteiger charge is -2.13. The molecule has 3 aromatic rings. The third kappa shape index (κ3) is 3.47. The van der Waals surface area contributed by atoms with Crippen molar-refractivity contribution in [1.29, 1.82) is 0 Å². The normalized spacial score (nSPS) is 13.1. The number of carbonyl (C=O) groups excluding carboxylic acids is 1. The van der Waals surface area contributed by atoms with Crippen molar-refractivity contribution in [3.05, 3.63) is 63.9 Å². The van der Waals surface area contributed by atoms with Gasteiger partial charge in [0.05, 0.1) is 39.8 Å². The van der Waals surface area contributed by atoms with E-state index in [4.69, 9.17) is 9.73 Å². The first-order valence-corrected chi connectivity index (χ1v) is 12.3. The van der Waals surface area contributed by atoms with Crippen LogP contribution in [0.4, 0.5) is 0 Å². The van der Waals surface area contributed by atoms with Crippen LogP contribution in [0.5, 0.6) is 0 Å². The first kappa shape index (κ1) is 18.8. The minimum absolute atomic E-state index is 0.284. The third-order valence-corrected chi connectivity index (χ3v) is 7.67. The van der Waals surface area contributed by atoms with Gasteiger partial charge in [-0.15, -0.1) is 0 Å². The molecule has 0 N–H and O–H groups in total. The van der Waals surface area contributed by atoms with Gasteiger partial charge in [0, 0.05) is 16.5 Å². The molecule has 0 radical (unpaired) electrons. The lowest BCUT2D eigenvalue weighted by molar-refractivity contribution is 0.0518. The second-order valence-electron chi connectivity index (χ2n) is 6.76. The van der Waals surface area contributed by atoms with Gasteiger partial charge in [-0.2, -0.15) is 11.3 Å². The number of nitrogens with zero attached hydrogens (tertiary/aromatic N) is 3. The Morgan fingerprint density at radius 2 is 2.21 bits per heavy atom. The smallest absolute Gasteiger partial charge is 0.358 e. The molecular formula is C21H23N3O2SSi. The van der Waals surface area contributed by atoms with Crippen LogP contribution in [0.3, 0.4) is 0 Å². The maximum absolute atomic E-state index is 12.3. The zero-order valence-corrected chi connectivity index (χ0v) is 18.4. The van der Waals surface area contributed by atoms with Gasteiger partial charge in [0.25, 0.3) is 0 Å². The van der Waals surface area contributed by atoms with E-state index in [1.165, 1.54) is 17.7 Å². The lowest BCUT2D eigenvalue weighted by Crippen LogP contribution is -2.17. The molecule has 0 atom stereocenters. The van der Waals surface area contributed by atoms with Crippen molar-refractivity contribution in [3.63, 3.8) is 0 Å². The van der Waals surface area contributed by atoms with E-state index in [1.54, 1.807) is 24.6 Å². The Morgan fingerprint density at radius 3 is 2.96 bits per heavy atom. The molecular weight excluding hydrogens is 386 g/mol. The Bertz CT molecular complexity index is 1020. The zero-order valence-electron chi connectivity index (χ0n) is 16.1. The standard InChI is InChI=1S/C21H23N3O2SSi/c1-3-9-28-15-5-6-17-16(10-15)19(14-7-8-27-12-14)22-11-18-20(21(25)26-4-2)23-13-24(17)18/h5-8,10,12-13H,3-4,9,11,28H2,1-2H3. The summed E-state index contributed by atoms with van der Waals surface area (Å²) < 4.78 is 7.18. The third-order valence-electron chi connectivity index (χ3n) is 4.91. The van der Waals surface area contributed by atoms with E-state index < -0.39 is 0 Å². The number of esters is 1. The summed E-state index contributed by atoms with van der Waals surface area (Å²) in [5.74, 6) is -0.390. The molecule has 144 valence electrons. The maximum atomic E-state index is 12.3. The number of thiophene rings is 1. The molecule has 3 heterocycles. The molecule has 0 unspecified atom stereocenters. The van der Waals surface area contributed by atoms with Crippen molar-refractivity contribution in [3.8, 4) is 5.69 Å². The predicted octanol–water partition coefficient (Wildman–Crippen LogP) is 3.08. The largest absolute Gasteiger partial charge is 0.461 e. The van der Waals surface area contributed by atoms with Gasteiger partial charge in [0.15, 0.2) is 5.69 Å². The quantitative estimate of drug-likeness (QED) is 0.464. The molecule has 0 fully saturated rings. The number of aliphatic imine (C=N–C) groups is 1. The highest BCUT2D eigenvalue weighted by Gasteiger charge is 2.25. The van der Waals surface area contributed by atoms with Gasteiger partial charge in [0.1, 0.15) is 6.33 Å². The number of carbonyl (C=O) groups is 1. The molecule has 0 bridgehead atoms. The Balaban J connectivity index is 1.86. The second kappa shape index (κ2) is 8.24. The lowest BCUT2D eigenvalue weighted by atomic mass is 10.0. The molecule has 28 heavy (non-hydrogen) atoms. The van der Waals surface area contributed by atoms with E-state index >= 15 is 0 Å². The molecule has 0 aliphatic carbocycles. The van der Waals surface area contributed by atoms with Crippen LogP contribution >= 0.6 is 11.3 Å². The summed E-state index contributed by atoms with van der Waals surface area (Å²) in [5, 5.41) is 5.64. The predicted molar refractivity (Wildman–Crippen MR) is 116 cm³/mol. The number of rotatable bonds is 6. The van der Waals surface area contributed by atoms with Crippen LogP contribution < -0.4 is 5.19 Å². The summed E-state index contributed by atoms with van der Waals surface area (Å²) in [6, 6.07) is 10.1. The van der Waals surface area contributed by atoms with Crippen molar-refractivity contribution in [2.75, 3.05) is 6.61 Å². The fraction of sp³-hybridized carbons (Fsp3) is 0.286. The van der Waals surface area contributed by atoms with E-state index in [1.807, 2.05) is 4.57 Å². The SMILES string of the molecule is CCC[SiH2]c1ccc2c(c1)C(c1ccsc1)=NCc1c(C(=O)OCC)ncn1-2. The van der Waals surface area contributed by atoms with E-state index in [2.05, 4.69) is 46.9 Å². The molecule has 0 amide bonds. The van der Waals surface area contributed by atoms with Gasteiger partial charge in [-0.3, -0.25) is 9.56 Å². The van der Waals surface area contributed by atoms with E-state index in [-0.39, 0.29) is 15.5 Å². The van der Waals surface area contributed by atoms with E-state index in [0.717, 1.165) is 28.2 Å². The summed E-state index contributed by atoms with van der Waals surface area (Å²) in [7, 11) is -0.284. The second-order valence-corrected chi connectivity index (χ2v) is 9.57. The number of hydrogen-bond donors (Lipinski definition) is 0. The van der Waals surface area contributed by atoms with Gasteiger partial charge in [-0.05, 0) is 24.4 Å². The van der Waals surface area contributed by atoms with E-state index in [0.29, 0.717) is 18.8 Å². The highest BCUT2D eigenvalue weighted by molar-refractivity contribution is 7.08. The van der Waals surface area contributed by atoms with Crippen LogP contribution in [0, 0.1) is 0 Å². The molecule has 1 aromatic carbocycles. The minimum Gasteiger partial charge on any atom is -0.461 e. The molecule has 0 spiro atoms. The maximum Gasteiger partial charge on any atom is 0.358 e. The summed E-state index contributed by atoms with van der Waals surface area (Å²) in [4.78, 5) is 21.6. The number of imidazole rings is 1. The van der Waals surface area contributed by atoms with Gasteiger partial charge < -0.3 is 4.74 Å². The first-order valence-electron chi connectivity index (χ1n) is 9.67. The molecule has 2 aromatic heterocycles. The molecule has 1 aliphatic heterocycles. The van der Waals surface area contributed by atoms with Crippen molar-refractivity contribution in [1.82, 2.24) is 9.55 Å². The highest BCUT2D eigenvalue weighted by Crippen LogP contribution is 2.27. The zero-order chi connectivity index (χ0) is 19.5. The number of benzene rings is 1. The van der Waals surface area contributed by atoms with Crippen LogP contribution in [0.25, 0.3) is 5.69 Å². The van der Waals surface area contributed by atoms with Crippen molar-refractivity contribution >= 4 is 37.7 Å². The number of hydrogen-bond acceptors (Lipinski definition) is 5. The fourth-order valence-electron chi connectivity index (χ4n) is 3.51. The van der Waals surface area contributed by atoms with Gasteiger partial charge in [-0.1, -0.05) is 36.7 Å². The number of aromatic nitrogens is 2. The Morgan fingerprint density at radius 1 is 1.32 bits per heavy atom. The molecule has 1 aliphatic rings. The number of fused-ring (bicyclic) bond motifs is 3. The molecule has 5 nitrogen and oxygen atoms in total. The Kier molecular flexibility index (Phi) is 5.54. The van der Waals surface area contributed by atoms with Crippen molar-refractivity contribution in [2.45, 2.75) is 32.9 Å². The topological polar surface area (TPSA) is 56.5 Å². The van der Waals surface area contributed by atoms with Gasteiger partial charge >= 0.3 is 5.97 Å². The summed E-state index contributed by atoms with van der Waals surface area (Å²) in [5.41, 5.74) is 5.39. The van der Waals surface area contributed by atoms with Crippen LogP contribution in [0.2, 0.25) is 6.04 Å². The first-order chi connectivity index (χ1) is 13.7. The minimum atomic E-state index is -0.390. The van der Waals surface area contributed by atoms with E-state index in [9.17, 15) is 4.79 Å². The van der Waals surface area contributed by atoms with Crippen LogP contribution in [-0.2, 0) is 11.3 Å².